The van der Waals surface area contributed by atoms with Gasteiger partial charge < -0.3 is 15.0 Å². The van der Waals surface area contributed by atoms with E-state index in [0.29, 0.717) is 48.9 Å². The van der Waals surface area contributed by atoms with Gasteiger partial charge in [-0.05, 0) is 36.8 Å². The summed E-state index contributed by atoms with van der Waals surface area (Å²) in [6.07, 6.45) is 2.42. The van der Waals surface area contributed by atoms with E-state index in [9.17, 15) is 9.59 Å². The molecule has 2 amide bonds. The summed E-state index contributed by atoms with van der Waals surface area (Å²) in [6, 6.07) is 10.7. The van der Waals surface area contributed by atoms with E-state index >= 15 is 0 Å². The lowest BCUT2D eigenvalue weighted by atomic mass is 10.1. The molecule has 0 spiro atoms. The van der Waals surface area contributed by atoms with Gasteiger partial charge in [-0.3, -0.25) is 9.59 Å². The number of likely N-dealkylation sites (tertiary alicyclic amines) is 1. The Labute approximate surface area is 163 Å². The smallest absolute Gasteiger partial charge is 0.256 e. The van der Waals surface area contributed by atoms with Crippen LogP contribution in [0.5, 0.6) is 5.88 Å². The topological polar surface area (TPSA) is 71.5 Å². The molecule has 0 aliphatic carbocycles. The maximum atomic E-state index is 12.5. The van der Waals surface area contributed by atoms with E-state index in [1.165, 1.54) is 0 Å². The van der Waals surface area contributed by atoms with Crippen molar-refractivity contribution in [3.05, 3.63) is 58.7 Å². The standard InChI is InChI=1S/C20H22ClN3O3/c1-2-22-19(26)17-7-4-9-23-20(17)27-16-8-10-24(13-16)18(25)12-14-5-3-6-15(21)11-14/h3-7,9,11,16H,2,8,10,12-13H2,1H3,(H,22,26). The van der Waals surface area contributed by atoms with Crippen molar-refractivity contribution < 1.29 is 14.3 Å². The molecule has 1 N–H and O–H groups in total. The first-order valence-electron chi connectivity index (χ1n) is 8.99. The summed E-state index contributed by atoms with van der Waals surface area (Å²) in [4.78, 5) is 30.6. The highest BCUT2D eigenvalue weighted by Crippen LogP contribution is 2.21. The van der Waals surface area contributed by atoms with E-state index in [-0.39, 0.29) is 17.9 Å². The average Bonchev–Trinajstić information content (AvgIpc) is 3.11. The number of hydrogen-bond donors (Lipinski definition) is 1. The molecule has 1 saturated heterocycles. The SMILES string of the molecule is CCNC(=O)c1cccnc1OC1CCN(C(=O)Cc2cccc(Cl)c2)C1. The van der Waals surface area contributed by atoms with E-state index in [0.717, 1.165) is 5.56 Å². The molecular weight excluding hydrogens is 366 g/mol. The fourth-order valence-corrected chi connectivity index (χ4v) is 3.27. The lowest BCUT2D eigenvalue weighted by molar-refractivity contribution is -0.129. The first-order chi connectivity index (χ1) is 13.1. The van der Waals surface area contributed by atoms with Gasteiger partial charge in [-0.2, -0.15) is 0 Å². The Kier molecular flexibility index (Phi) is 6.29. The van der Waals surface area contributed by atoms with E-state index in [2.05, 4.69) is 10.3 Å². The van der Waals surface area contributed by atoms with E-state index in [1.54, 1.807) is 35.4 Å². The van der Waals surface area contributed by atoms with Gasteiger partial charge in [-0.15, -0.1) is 0 Å². The number of ether oxygens (including phenoxy) is 1. The zero-order valence-corrected chi connectivity index (χ0v) is 15.9. The van der Waals surface area contributed by atoms with E-state index < -0.39 is 0 Å². The van der Waals surface area contributed by atoms with Gasteiger partial charge in [-0.1, -0.05) is 23.7 Å². The number of pyridine rings is 1. The molecule has 7 heteroatoms. The minimum atomic E-state index is -0.215. The second-order valence-corrected chi connectivity index (χ2v) is 6.83. The van der Waals surface area contributed by atoms with Gasteiger partial charge in [0.2, 0.25) is 11.8 Å². The van der Waals surface area contributed by atoms with Crippen molar-refractivity contribution >= 4 is 23.4 Å². The summed E-state index contributed by atoms with van der Waals surface area (Å²) < 4.78 is 5.94. The van der Waals surface area contributed by atoms with Crippen LogP contribution in [0.2, 0.25) is 5.02 Å². The van der Waals surface area contributed by atoms with Crippen molar-refractivity contribution in [1.29, 1.82) is 0 Å². The van der Waals surface area contributed by atoms with E-state index in [1.807, 2.05) is 19.1 Å². The molecule has 0 saturated carbocycles. The molecule has 27 heavy (non-hydrogen) atoms. The number of halogens is 1. The molecule has 1 aromatic carbocycles. The maximum absolute atomic E-state index is 12.5. The van der Waals surface area contributed by atoms with Gasteiger partial charge in [-0.25, -0.2) is 4.98 Å². The van der Waals surface area contributed by atoms with Crippen LogP contribution in [0, 0.1) is 0 Å². The van der Waals surface area contributed by atoms with Gasteiger partial charge >= 0.3 is 0 Å². The third kappa shape index (κ3) is 4.98. The summed E-state index contributed by atoms with van der Waals surface area (Å²) in [5, 5.41) is 3.37. The van der Waals surface area contributed by atoms with Gasteiger partial charge in [0.1, 0.15) is 11.7 Å². The molecule has 0 bridgehead atoms. The third-order valence-corrected chi connectivity index (χ3v) is 4.61. The third-order valence-electron chi connectivity index (χ3n) is 4.37. The quantitative estimate of drug-likeness (QED) is 0.827. The normalized spacial score (nSPS) is 16.2. The number of aromatic nitrogens is 1. The molecule has 3 rings (SSSR count). The predicted molar refractivity (Wildman–Crippen MR) is 103 cm³/mol. The molecule has 1 atom stereocenters. The number of nitrogens with zero attached hydrogens (tertiary/aromatic N) is 2. The molecule has 2 aromatic rings. The molecule has 1 unspecified atom stereocenters. The first-order valence-corrected chi connectivity index (χ1v) is 9.36. The highest BCUT2D eigenvalue weighted by molar-refractivity contribution is 6.30. The van der Waals surface area contributed by atoms with E-state index in [4.69, 9.17) is 16.3 Å². The van der Waals surface area contributed by atoms with Crippen LogP contribution in [0.15, 0.2) is 42.6 Å². The molecule has 142 valence electrons. The zero-order chi connectivity index (χ0) is 19.2. The van der Waals surface area contributed by atoms with Gasteiger partial charge in [0.05, 0.1) is 13.0 Å². The monoisotopic (exact) mass is 387 g/mol. The number of nitrogens with one attached hydrogen (secondary N) is 1. The highest BCUT2D eigenvalue weighted by Gasteiger charge is 2.29. The van der Waals surface area contributed by atoms with Crippen molar-refractivity contribution in [2.24, 2.45) is 0 Å². The Balaban J connectivity index is 1.60. The fourth-order valence-electron chi connectivity index (χ4n) is 3.06. The summed E-state index contributed by atoms with van der Waals surface area (Å²) >= 11 is 5.98. The number of rotatable bonds is 6. The van der Waals surface area contributed by atoms with Crippen LogP contribution in [-0.2, 0) is 11.2 Å². The minimum Gasteiger partial charge on any atom is -0.472 e. The van der Waals surface area contributed by atoms with Crippen LogP contribution in [-0.4, -0.2) is 47.4 Å². The Morgan fingerprint density at radius 3 is 2.96 bits per heavy atom. The number of hydrogen-bond acceptors (Lipinski definition) is 4. The van der Waals surface area contributed by atoms with Gasteiger partial charge in [0, 0.05) is 30.7 Å². The Hall–Kier alpha value is -2.60. The lowest BCUT2D eigenvalue weighted by Gasteiger charge is -2.18. The van der Waals surface area contributed by atoms with Crippen molar-refractivity contribution in [2.75, 3.05) is 19.6 Å². The van der Waals surface area contributed by atoms with Crippen LogP contribution >= 0.6 is 11.6 Å². The summed E-state index contributed by atoms with van der Waals surface area (Å²) in [5.41, 5.74) is 1.29. The molecule has 2 heterocycles. The molecule has 6 nitrogen and oxygen atoms in total. The molecule has 1 aliphatic heterocycles. The van der Waals surface area contributed by atoms with Crippen molar-refractivity contribution in [3.63, 3.8) is 0 Å². The number of benzene rings is 1. The minimum absolute atomic E-state index is 0.0355. The van der Waals surface area contributed by atoms with Crippen molar-refractivity contribution in [2.45, 2.75) is 25.9 Å². The van der Waals surface area contributed by atoms with Gasteiger partial charge in [0.15, 0.2) is 0 Å². The van der Waals surface area contributed by atoms with Gasteiger partial charge in [0.25, 0.3) is 5.91 Å². The first kappa shape index (κ1) is 19.2. The van der Waals surface area contributed by atoms with Crippen molar-refractivity contribution in [1.82, 2.24) is 15.2 Å². The van der Waals surface area contributed by atoms with Crippen LogP contribution in [0.3, 0.4) is 0 Å². The Morgan fingerprint density at radius 2 is 2.19 bits per heavy atom. The largest absolute Gasteiger partial charge is 0.472 e. The summed E-state index contributed by atoms with van der Waals surface area (Å²) in [6.45, 7) is 3.48. The second kappa shape index (κ2) is 8.86. The molecule has 1 aromatic heterocycles. The second-order valence-electron chi connectivity index (χ2n) is 6.39. The van der Waals surface area contributed by atoms with Crippen LogP contribution < -0.4 is 10.1 Å². The molecule has 1 aliphatic rings. The zero-order valence-electron chi connectivity index (χ0n) is 15.2. The number of carbonyl (C=O) groups excluding carboxylic acids is 2. The summed E-state index contributed by atoms with van der Waals surface area (Å²) in [5.74, 6) is 0.124. The van der Waals surface area contributed by atoms with Crippen LogP contribution in [0.25, 0.3) is 0 Å². The Morgan fingerprint density at radius 1 is 1.33 bits per heavy atom. The highest BCUT2D eigenvalue weighted by atomic mass is 35.5. The number of amides is 2. The molecular formula is C20H22ClN3O3. The molecule has 1 fully saturated rings. The molecule has 0 radical (unpaired) electrons. The Bertz CT molecular complexity index is 828. The average molecular weight is 388 g/mol. The fraction of sp³-hybridized carbons (Fsp3) is 0.350. The lowest BCUT2D eigenvalue weighted by Crippen LogP contribution is -2.32. The predicted octanol–water partition coefficient (Wildman–Crippen LogP) is 2.71. The number of carbonyl (C=O) groups is 2. The van der Waals surface area contributed by atoms with Crippen molar-refractivity contribution in [3.8, 4) is 5.88 Å². The van der Waals surface area contributed by atoms with Crippen LogP contribution in [0.4, 0.5) is 0 Å². The maximum Gasteiger partial charge on any atom is 0.256 e. The summed E-state index contributed by atoms with van der Waals surface area (Å²) in [7, 11) is 0. The van der Waals surface area contributed by atoms with Crippen LogP contribution in [0.1, 0.15) is 29.3 Å².